The molecule has 0 spiro atoms. The van der Waals surface area contributed by atoms with Crippen molar-refractivity contribution in [2.45, 2.75) is 31.8 Å². The van der Waals surface area contributed by atoms with Gasteiger partial charge in [-0.25, -0.2) is 0 Å². The highest BCUT2D eigenvalue weighted by molar-refractivity contribution is 6.01. The lowest BCUT2D eigenvalue weighted by Gasteiger charge is -2.44. The number of piperazine rings is 1. The van der Waals surface area contributed by atoms with Crippen LogP contribution in [0.15, 0.2) is 30.6 Å². The van der Waals surface area contributed by atoms with Gasteiger partial charge < -0.3 is 10.6 Å². The van der Waals surface area contributed by atoms with Crippen molar-refractivity contribution in [3.63, 3.8) is 0 Å². The lowest BCUT2D eigenvalue weighted by Crippen LogP contribution is -2.55. The first-order valence-corrected chi connectivity index (χ1v) is 7.87. The van der Waals surface area contributed by atoms with Gasteiger partial charge in [0.2, 0.25) is 0 Å². The fraction of sp³-hybridized carbons (Fsp3) is 0.471. The van der Waals surface area contributed by atoms with E-state index in [-0.39, 0.29) is 0 Å². The fourth-order valence-electron chi connectivity index (χ4n) is 3.97. The van der Waals surface area contributed by atoms with Crippen LogP contribution in [0.3, 0.4) is 0 Å². The third-order valence-corrected chi connectivity index (χ3v) is 5.08. The van der Waals surface area contributed by atoms with Gasteiger partial charge in [0.1, 0.15) is 0 Å². The number of pyridine rings is 1. The number of hydrogen-bond acceptors (Lipinski definition) is 4. The molecule has 0 aliphatic carbocycles. The first-order chi connectivity index (χ1) is 10.2. The van der Waals surface area contributed by atoms with Crippen molar-refractivity contribution in [2.75, 3.05) is 30.3 Å². The van der Waals surface area contributed by atoms with E-state index >= 15 is 0 Å². The lowest BCUT2D eigenvalue weighted by molar-refractivity contribution is 0.203. The van der Waals surface area contributed by atoms with E-state index in [1.54, 1.807) is 0 Å². The molecule has 4 nitrogen and oxygen atoms in total. The number of rotatable bonds is 1. The van der Waals surface area contributed by atoms with Gasteiger partial charge >= 0.3 is 0 Å². The van der Waals surface area contributed by atoms with Gasteiger partial charge in [0, 0.05) is 59.7 Å². The van der Waals surface area contributed by atoms with Crippen LogP contribution in [0.2, 0.25) is 0 Å². The Hall–Kier alpha value is -1.81. The van der Waals surface area contributed by atoms with Gasteiger partial charge in [0.15, 0.2) is 0 Å². The molecule has 1 aromatic heterocycles. The number of nitrogen functional groups attached to an aromatic ring is 1. The van der Waals surface area contributed by atoms with Crippen molar-refractivity contribution < 1.29 is 0 Å². The van der Waals surface area contributed by atoms with Crippen molar-refractivity contribution >= 4 is 22.1 Å². The van der Waals surface area contributed by atoms with Crippen molar-refractivity contribution in [3.8, 4) is 0 Å². The highest BCUT2D eigenvalue weighted by Crippen LogP contribution is 2.34. The first kappa shape index (κ1) is 12.9. The summed E-state index contributed by atoms with van der Waals surface area (Å²) < 4.78 is 0. The number of fused-ring (bicyclic) bond motifs is 2. The molecule has 2 saturated heterocycles. The highest BCUT2D eigenvalue weighted by Gasteiger charge is 2.34. The van der Waals surface area contributed by atoms with Crippen LogP contribution >= 0.6 is 0 Å². The molecule has 21 heavy (non-hydrogen) atoms. The van der Waals surface area contributed by atoms with E-state index in [1.165, 1.54) is 37.0 Å². The van der Waals surface area contributed by atoms with Gasteiger partial charge in [-0.3, -0.25) is 9.88 Å². The topological polar surface area (TPSA) is 45.4 Å². The first-order valence-electron chi connectivity index (χ1n) is 7.87. The maximum Gasteiger partial charge on any atom is 0.0451 e. The normalized spacial score (nSPS) is 26.2. The van der Waals surface area contributed by atoms with E-state index in [0.717, 1.165) is 23.7 Å². The average molecular weight is 282 g/mol. The van der Waals surface area contributed by atoms with Crippen molar-refractivity contribution in [1.29, 1.82) is 0 Å². The SMILES string of the molecule is CC1CN2CCCC2CN1c1ccc(N)c2cnccc12. The second-order valence-electron chi connectivity index (χ2n) is 6.39. The predicted octanol–water partition coefficient (Wildman–Crippen LogP) is 2.49. The Labute approximate surface area is 125 Å². The van der Waals surface area contributed by atoms with Crippen LogP contribution in [0.25, 0.3) is 10.8 Å². The molecule has 2 fully saturated rings. The maximum absolute atomic E-state index is 6.11. The van der Waals surface area contributed by atoms with Crippen molar-refractivity contribution in [1.82, 2.24) is 9.88 Å². The van der Waals surface area contributed by atoms with E-state index in [9.17, 15) is 0 Å². The molecule has 2 unspecified atom stereocenters. The number of hydrogen-bond donors (Lipinski definition) is 1. The summed E-state index contributed by atoms with van der Waals surface area (Å²) in [4.78, 5) is 9.44. The summed E-state index contributed by atoms with van der Waals surface area (Å²) >= 11 is 0. The quantitative estimate of drug-likeness (QED) is 0.816. The average Bonchev–Trinajstić information content (AvgIpc) is 2.94. The Morgan fingerprint density at radius 3 is 3.00 bits per heavy atom. The Morgan fingerprint density at radius 1 is 1.19 bits per heavy atom. The molecule has 2 aromatic rings. The maximum atomic E-state index is 6.11. The van der Waals surface area contributed by atoms with Crippen LogP contribution in [-0.4, -0.2) is 41.6 Å². The minimum atomic E-state index is 0.541. The predicted molar refractivity (Wildman–Crippen MR) is 87.6 cm³/mol. The van der Waals surface area contributed by atoms with Crippen LogP contribution in [0.5, 0.6) is 0 Å². The standard InChI is InChI=1S/C17H22N4/c1-12-10-20-8-2-3-13(20)11-21(12)17-5-4-16(18)15-9-19-7-6-14(15)17/h4-7,9,12-13H,2-3,8,10-11,18H2,1H3. The minimum Gasteiger partial charge on any atom is -0.398 e. The molecule has 0 saturated carbocycles. The molecule has 2 N–H and O–H groups in total. The van der Waals surface area contributed by atoms with E-state index in [2.05, 4.69) is 33.8 Å². The van der Waals surface area contributed by atoms with Gasteiger partial charge in [-0.2, -0.15) is 0 Å². The summed E-state index contributed by atoms with van der Waals surface area (Å²) in [5, 5.41) is 2.29. The molecule has 3 heterocycles. The van der Waals surface area contributed by atoms with Gasteiger partial charge in [0.05, 0.1) is 0 Å². The number of nitrogens with zero attached hydrogens (tertiary/aromatic N) is 3. The second-order valence-corrected chi connectivity index (χ2v) is 6.39. The molecule has 2 aliphatic heterocycles. The summed E-state index contributed by atoms with van der Waals surface area (Å²) in [6.07, 6.45) is 6.42. The monoisotopic (exact) mass is 282 g/mol. The van der Waals surface area contributed by atoms with Crippen LogP contribution < -0.4 is 10.6 Å². The van der Waals surface area contributed by atoms with Gasteiger partial charge in [-0.15, -0.1) is 0 Å². The molecule has 110 valence electrons. The van der Waals surface area contributed by atoms with Crippen molar-refractivity contribution in [3.05, 3.63) is 30.6 Å². The zero-order chi connectivity index (χ0) is 14.4. The van der Waals surface area contributed by atoms with E-state index in [4.69, 9.17) is 5.73 Å². The van der Waals surface area contributed by atoms with Gasteiger partial charge in [0.25, 0.3) is 0 Å². The molecule has 0 amide bonds. The molecule has 4 heteroatoms. The summed E-state index contributed by atoms with van der Waals surface area (Å²) in [6, 6.07) is 7.55. The second kappa shape index (κ2) is 4.88. The Bertz CT molecular complexity index is 669. The molecule has 1 aromatic carbocycles. The van der Waals surface area contributed by atoms with Gasteiger partial charge in [-0.1, -0.05) is 0 Å². The van der Waals surface area contributed by atoms with Crippen LogP contribution in [0.1, 0.15) is 19.8 Å². The van der Waals surface area contributed by atoms with Crippen LogP contribution in [0.4, 0.5) is 11.4 Å². The Kier molecular flexibility index (Phi) is 3.00. The van der Waals surface area contributed by atoms with Crippen molar-refractivity contribution in [2.24, 2.45) is 0 Å². The zero-order valence-corrected chi connectivity index (χ0v) is 12.5. The summed E-state index contributed by atoms with van der Waals surface area (Å²) in [6.45, 7) is 5.90. The highest BCUT2D eigenvalue weighted by atomic mass is 15.3. The molecule has 4 rings (SSSR count). The molecular formula is C17H22N4. The molecule has 2 aliphatic rings. The smallest absolute Gasteiger partial charge is 0.0451 e. The molecule has 0 radical (unpaired) electrons. The summed E-state index contributed by atoms with van der Waals surface area (Å²) in [7, 11) is 0. The molecular weight excluding hydrogens is 260 g/mol. The Morgan fingerprint density at radius 2 is 2.10 bits per heavy atom. The molecule has 0 bridgehead atoms. The van der Waals surface area contributed by atoms with Gasteiger partial charge in [-0.05, 0) is 44.5 Å². The Balaban J connectivity index is 1.77. The number of nitrogens with two attached hydrogens (primary N) is 1. The van der Waals surface area contributed by atoms with Crippen LogP contribution in [-0.2, 0) is 0 Å². The number of benzene rings is 1. The molecule has 2 atom stereocenters. The third kappa shape index (κ3) is 2.05. The minimum absolute atomic E-state index is 0.541. The largest absolute Gasteiger partial charge is 0.398 e. The van der Waals surface area contributed by atoms with E-state index < -0.39 is 0 Å². The fourth-order valence-corrected chi connectivity index (χ4v) is 3.97. The summed E-state index contributed by atoms with van der Waals surface area (Å²) in [5.74, 6) is 0. The lowest BCUT2D eigenvalue weighted by atomic mass is 10.0. The summed E-state index contributed by atoms with van der Waals surface area (Å²) in [5.41, 5.74) is 8.23. The van der Waals surface area contributed by atoms with Crippen LogP contribution in [0, 0.1) is 0 Å². The third-order valence-electron chi connectivity index (χ3n) is 5.08. The van der Waals surface area contributed by atoms with E-state index in [0.29, 0.717) is 6.04 Å². The number of anilines is 2. The zero-order valence-electron chi connectivity index (χ0n) is 12.5. The number of aromatic nitrogens is 1. The van der Waals surface area contributed by atoms with E-state index in [1.807, 2.05) is 18.5 Å².